The van der Waals surface area contributed by atoms with Crippen LogP contribution in [0.2, 0.25) is 0 Å². The highest BCUT2D eigenvalue weighted by Gasteiger charge is 2.33. The van der Waals surface area contributed by atoms with Crippen molar-refractivity contribution in [2.75, 3.05) is 6.54 Å². The fourth-order valence-corrected chi connectivity index (χ4v) is 4.20. The van der Waals surface area contributed by atoms with Gasteiger partial charge in [-0.2, -0.15) is 0 Å². The highest BCUT2D eigenvalue weighted by atomic mass is 79.9. The maximum Gasteiger partial charge on any atom is 0.137 e. The smallest absolute Gasteiger partial charge is 0.137 e. The van der Waals surface area contributed by atoms with Gasteiger partial charge in [-0.3, -0.25) is 4.90 Å². The molecule has 1 nitrogen and oxygen atoms in total. The van der Waals surface area contributed by atoms with Gasteiger partial charge in [-0.25, -0.2) is 4.39 Å². The Morgan fingerprint density at radius 3 is 2.84 bits per heavy atom. The Bertz CT molecular complexity index is 446. The van der Waals surface area contributed by atoms with E-state index in [0.717, 1.165) is 24.1 Å². The molecule has 0 bridgehead atoms. The van der Waals surface area contributed by atoms with Crippen LogP contribution >= 0.6 is 15.9 Å². The van der Waals surface area contributed by atoms with Crippen LogP contribution in [0.3, 0.4) is 0 Å². The molecule has 1 aliphatic carbocycles. The van der Waals surface area contributed by atoms with E-state index in [2.05, 4.69) is 20.8 Å². The minimum atomic E-state index is -0.144. The van der Waals surface area contributed by atoms with E-state index in [0.29, 0.717) is 4.47 Å². The second-order valence-electron chi connectivity index (χ2n) is 5.94. The van der Waals surface area contributed by atoms with E-state index in [1.54, 1.807) is 0 Å². The van der Waals surface area contributed by atoms with Crippen molar-refractivity contribution in [3.63, 3.8) is 0 Å². The summed E-state index contributed by atoms with van der Waals surface area (Å²) in [5, 5.41) is 0. The number of rotatable bonds is 2. The lowest BCUT2D eigenvalue weighted by atomic mass is 9.78. The summed E-state index contributed by atoms with van der Waals surface area (Å²) in [6.45, 7) is 2.06. The van der Waals surface area contributed by atoms with Crippen LogP contribution in [0.25, 0.3) is 0 Å². The second kappa shape index (κ2) is 5.92. The normalized spacial score (nSPS) is 28.1. The minimum absolute atomic E-state index is 0.144. The fourth-order valence-electron chi connectivity index (χ4n) is 3.81. The van der Waals surface area contributed by atoms with E-state index >= 15 is 0 Å². The van der Waals surface area contributed by atoms with Crippen molar-refractivity contribution < 1.29 is 4.39 Å². The van der Waals surface area contributed by atoms with Gasteiger partial charge in [0.05, 0.1) is 4.47 Å². The molecule has 1 saturated carbocycles. The molecule has 2 atom stereocenters. The highest BCUT2D eigenvalue weighted by Crippen LogP contribution is 2.36. The summed E-state index contributed by atoms with van der Waals surface area (Å²) < 4.78 is 14.2. The maximum atomic E-state index is 13.6. The molecule has 0 spiro atoms. The quantitative estimate of drug-likeness (QED) is 0.758. The van der Waals surface area contributed by atoms with Gasteiger partial charge in [-0.15, -0.1) is 0 Å². The zero-order valence-electron chi connectivity index (χ0n) is 11.2. The summed E-state index contributed by atoms with van der Waals surface area (Å²) in [4.78, 5) is 2.59. The van der Waals surface area contributed by atoms with Crippen molar-refractivity contribution in [3.8, 4) is 0 Å². The molecule has 2 fully saturated rings. The van der Waals surface area contributed by atoms with Crippen LogP contribution < -0.4 is 0 Å². The SMILES string of the molecule is Fc1cccc(CN2CCC[C@H]3CCCC[C@H]32)c1Br. The number of nitrogens with zero attached hydrogens (tertiary/aromatic N) is 1. The Hall–Kier alpha value is -0.410. The monoisotopic (exact) mass is 325 g/mol. The Balaban J connectivity index is 1.76. The minimum Gasteiger partial charge on any atom is -0.296 e. The molecule has 1 heterocycles. The molecule has 1 aromatic carbocycles. The first-order valence-electron chi connectivity index (χ1n) is 7.42. The Morgan fingerprint density at radius 1 is 1.16 bits per heavy atom. The Kier molecular flexibility index (Phi) is 4.23. The van der Waals surface area contributed by atoms with Gasteiger partial charge in [-0.05, 0) is 65.7 Å². The first-order chi connectivity index (χ1) is 9.25. The van der Waals surface area contributed by atoms with E-state index in [-0.39, 0.29) is 5.82 Å². The fraction of sp³-hybridized carbons (Fsp3) is 0.625. The molecule has 1 aromatic rings. The van der Waals surface area contributed by atoms with Crippen LogP contribution in [0, 0.1) is 11.7 Å². The molecule has 0 amide bonds. The van der Waals surface area contributed by atoms with Crippen LogP contribution in [0.4, 0.5) is 4.39 Å². The lowest BCUT2D eigenvalue weighted by Gasteiger charge is -2.44. The van der Waals surface area contributed by atoms with Crippen molar-refractivity contribution in [2.45, 2.75) is 51.1 Å². The molecular formula is C16H21BrFN. The van der Waals surface area contributed by atoms with Crippen molar-refractivity contribution in [3.05, 3.63) is 34.1 Å². The molecule has 3 heteroatoms. The van der Waals surface area contributed by atoms with Gasteiger partial charge in [-0.1, -0.05) is 25.0 Å². The van der Waals surface area contributed by atoms with Gasteiger partial charge in [0.15, 0.2) is 0 Å². The predicted octanol–water partition coefficient (Wildman–Crippen LogP) is 4.74. The molecular weight excluding hydrogens is 305 g/mol. The highest BCUT2D eigenvalue weighted by molar-refractivity contribution is 9.10. The number of hydrogen-bond acceptors (Lipinski definition) is 1. The molecule has 104 valence electrons. The van der Waals surface area contributed by atoms with Gasteiger partial charge in [0.1, 0.15) is 5.82 Å². The third kappa shape index (κ3) is 2.87. The molecule has 0 radical (unpaired) electrons. The molecule has 2 aliphatic rings. The number of likely N-dealkylation sites (tertiary alicyclic amines) is 1. The van der Waals surface area contributed by atoms with Crippen LogP contribution in [0.1, 0.15) is 44.1 Å². The van der Waals surface area contributed by atoms with E-state index < -0.39 is 0 Å². The summed E-state index contributed by atoms with van der Waals surface area (Å²) >= 11 is 3.39. The van der Waals surface area contributed by atoms with E-state index in [1.165, 1.54) is 51.1 Å². The summed E-state index contributed by atoms with van der Waals surface area (Å²) in [6, 6.07) is 6.11. The van der Waals surface area contributed by atoms with Crippen LogP contribution in [-0.4, -0.2) is 17.5 Å². The van der Waals surface area contributed by atoms with E-state index in [1.807, 2.05) is 12.1 Å². The van der Waals surface area contributed by atoms with Gasteiger partial charge in [0.2, 0.25) is 0 Å². The Morgan fingerprint density at radius 2 is 1.95 bits per heavy atom. The van der Waals surface area contributed by atoms with Crippen LogP contribution in [0.15, 0.2) is 22.7 Å². The molecule has 19 heavy (non-hydrogen) atoms. The predicted molar refractivity (Wildman–Crippen MR) is 79.5 cm³/mol. The van der Waals surface area contributed by atoms with E-state index in [4.69, 9.17) is 0 Å². The third-order valence-electron chi connectivity index (χ3n) is 4.76. The largest absolute Gasteiger partial charge is 0.296 e. The molecule has 0 aromatic heterocycles. The van der Waals surface area contributed by atoms with Gasteiger partial charge in [0.25, 0.3) is 0 Å². The number of fused-ring (bicyclic) bond motifs is 1. The summed E-state index contributed by atoms with van der Waals surface area (Å²) in [7, 11) is 0. The zero-order valence-corrected chi connectivity index (χ0v) is 12.8. The number of benzene rings is 1. The number of hydrogen-bond donors (Lipinski definition) is 0. The van der Waals surface area contributed by atoms with Crippen molar-refractivity contribution in [1.82, 2.24) is 4.90 Å². The van der Waals surface area contributed by atoms with Crippen molar-refractivity contribution in [1.29, 1.82) is 0 Å². The van der Waals surface area contributed by atoms with Crippen molar-refractivity contribution in [2.24, 2.45) is 5.92 Å². The average molecular weight is 326 g/mol. The Labute approximate surface area is 123 Å². The molecule has 0 unspecified atom stereocenters. The molecule has 3 rings (SSSR count). The van der Waals surface area contributed by atoms with Crippen LogP contribution in [0.5, 0.6) is 0 Å². The average Bonchev–Trinajstić information content (AvgIpc) is 2.44. The lowest BCUT2D eigenvalue weighted by molar-refractivity contribution is 0.0545. The van der Waals surface area contributed by atoms with E-state index in [9.17, 15) is 4.39 Å². The zero-order chi connectivity index (χ0) is 13.2. The summed E-state index contributed by atoms with van der Waals surface area (Å²) in [5.41, 5.74) is 1.09. The first-order valence-corrected chi connectivity index (χ1v) is 8.22. The number of piperidine rings is 1. The molecule has 1 saturated heterocycles. The summed E-state index contributed by atoms with van der Waals surface area (Å²) in [5.74, 6) is 0.740. The standard InChI is InChI=1S/C16H21BrFN/c17-16-13(6-3-8-14(16)18)11-19-10-4-7-12-5-1-2-9-15(12)19/h3,6,8,12,15H,1-2,4-5,7,9-11H2/t12-,15-/m1/s1. The third-order valence-corrected chi connectivity index (χ3v) is 5.65. The molecule has 1 aliphatic heterocycles. The van der Waals surface area contributed by atoms with Gasteiger partial charge >= 0.3 is 0 Å². The topological polar surface area (TPSA) is 3.24 Å². The van der Waals surface area contributed by atoms with Gasteiger partial charge < -0.3 is 0 Å². The van der Waals surface area contributed by atoms with Crippen LogP contribution in [-0.2, 0) is 6.54 Å². The summed E-state index contributed by atoms with van der Waals surface area (Å²) in [6.07, 6.45) is 8.18. The van der Waals surface area contributed by atoms with Crippen molar-refractivity contribution >= 4 is 15.9 Å². The number of halogens is 2. The van der Waals surface area contributed by atoms with Gasteiger partial charge in [0, 0.05) is 12.6 Å². The first kappa shape index (κ1) is 13.6. The lowest BCUT2D eigenvalue weighted by Crippen LogP contribution is -2.46. The second-order valence-corrected chi connectivity index (χ2v) is 6.73. The molecule has 0 N–H and O–H groups in total. The maximum absolute atomic E-state index is 13.6.